The molecular weight excluding hydrogens is 298 g/mol. The molecule has 0 saturated carbocycles. The van der Waals surface area contributed by atoms with Crippen molar-refractivity contribution < 1.29 is 4.79 Å². The Hall–Kier alpha value is -1.55. The number of rotatable bonds is 5. The maximum Gasteiger partial charge on any atom is 0.315 e. The van der Waals surface area contributed by atoms with Crippen LogP contribution < -0.4 is 16.0 Å². The molecule has 0 bridgehead atoms. The molecule has 134 valence electrons. The van der Waals surface area contributed by atoms with E-state index < -0.39 is 0 Å². The Balaban J connectivity index is 1.99. The molecule has 1 fully saturated rings. The van der Waals surface area contributed by atoms with Gasteiger partial charge in [-0.15, -0.1) is 0 Å². The Morgan fingerprint density at radius 3 is 2.46 bits per heavy atom. The van der Waals surface area contributed by atoms with E-state index in [9.17, 15) is 4.79 Å². The van der Waals surface area contributed by atoms with Gasteiger partial charge in [0.25, 0.3) is 0 Å². The Morgan fingerprint density at radius 1 is 1.21 bits per heavy atom. The number of benzene rings is 1. The van der Waals surface area contributed by atoms with Crippen LogP contribution in [0.2, 0.25) is 0 Å². The van der Waals surface area contributed by atoms with Crippen molar-refractivity contribution >= 4 is 6.03 Å². The third-order valence-electron chi connectivity index (χ3n) is 5.99. The van der Waals surface area contributed by atoms with Crippen molar-refractivity contribution in [2.75, 3.05) is 0 Å². The minimum Gasteiger partial charge on any atom is -0.335 e. The van der Waals surface area contributed by atoms with Crippen LogP contribution in [0.1, 0.15) is 59.4 Å². The van der Waals surface area contributed by atoms with Gasteiger partial charge in [0.05, 0.1) is 0 Å². The molecule has 1 aromatic rings. The van der Waals surface area contributed by atoms with E-state index in [-0.39, 0.29) is 23.2 Å². The SMILES string of the molecule is CCC1(C)CC(NC(=O)NCc2ccccc2)C(C)C(C)(CC)N1. The minimum absolute atomic E-state index is 0.0421. The van der Waals surface area contributed by atoms with Crippen molar-refractivity contribution in [1.82, 2.24) is 16.0 Å². The lowest BCUT2D eigenvalue weighted by Gasteiger charge is -2.53. The first-order valence-electron chi connectivity index (χ1n) is 9.19. The van der Waals surface area contributed by atoms with Gasteiger partial charge in [-0.05, 0) is 44.6 Å². The fourth-order valence-corrected chi connectivity index (χ4v) is 3.78. The number of piperidine rings is 1. The molecule has 4 unspecified atom stereocenters. The Bertz CT molecular complexity index is 547. The van der Waals surface area contributed by atoms with Crippen molar-refractivity contribution in [3.63, 3.8) is 0 Å². The molecule has 24 heavy (non-hydrogen) atoms. The predicted molar refractivity (Wildman–Crippen MR) is 99.9 cm³/mol. The van der Waals surface area contributed by atoms with Gasteiger partial charge in [0, 0.05) is 23.7 Å². The molecule has 0 aliphatic carbocycles. The molecule has 0 radical (unpaired) electrons. The van der Waals surface area contributed by atoms with Gasteiger partial charge in [0.15, 0.2) is 0 Å². The standard InChI is InChI=1S/C20H33N3O/c1-6-19(4)13-17(15(3)20(5,7-2)23-19)22-18(24)21-14-16-11-9-8-10-12-16/h8-12,15,17,23H,6-7,13-14H2,1-5H3,(H2,21,22,24). The summed E-state index contributed by atoms with van der Waals surface area (Å²) in [5.41, 5.74) is 1.22. The fourth-order valence-electron chi connectivity index (χ4n) is 3.78. The van der Waals surface area contributed by atoms with Crippen LogP contribution in [-0.2, 0) is 6.54 Å². The van der Waals surface area contributed by atoms with Crippen LogP contribution in [-0.4, -0.2) is 23.2 Å². The van der Waals surface area contributed by atoms with Crippen LogP contribution in [0.4, 0.5) is 4.79 Å². The minimum atomic E-state index is -0.0745. The van der Waals surface area contributed by atoms with Crippen LogP contribution in [0.25, 0.3) is 0 Å². The molecule has 3 N–H and O–H groups in total. The molecule has 1 aliphatic heterocycles. The number of urea groups is 1. The molecule has 2 rings (SSSR count). The number of carbonyl (C=O) groups excluding carboxylic acids is 1. The summed E-state index contributed by atoms with van der Waals surface area (Å²) in [6.07, 6.45) is 3.06. The molecule has 1 aromatic carbocycles. The zero-order valence-electron chi connectivity index (χ0n) is 15.8. The van der Waals surface area contributed by atoms with Gasteiger partial charge in [-0.25, -0.2) is 4.79 Å². The van der Waals surface area contributed by atoms with Crippen LogP contribution >= 0.6 is 0 Å². The summed E-state index contributed by atoms with van der Waals surface area (Å²) < 4.78 is 0. The van der Waals surface area contributed by atoms with Crippen molar-refractivity contribution in [3.8, 4) is 0 Å². The lowest BCUT2D eigenvalue weighted by Crippen LogP contribution is -2.69. The molecule has 1 saturated heterocycles. The second-order valence-corrected chi connectivity index (χ2v) is 7.72. The van der Waals surface area contributed by atoms with Gasteiger partial charge in [-0.3, -0.25) is 0 Å². The van der Waals surface area contributed by atoms with E-state index in [0.29, 0.717) is 12.5 Å². The topological polar surface area (TPSA) is 53.2 Å². The van der Waals surface area contributed by atoms with Crippen molar-refractivity contribution in [1.29, 1.82) is 0 Å². The summed E-state index contributed by atoms with van der Waals surface area (Å²) in [4.78, 5) is 12.4. The zero-order valence-corrected chi connectivity index (χ0v) is 15.8. The largest absolute Gasteiger partial charge is 0.335 e. The average molecular weight is 332 g/mol. The third kappa shape index (κ3) is 4.29. The highest BCUT2D eigenvalue weighted by molar-refractivity contribution is 5.74. The first kappa shape index (κ1) is 18.8. The lowest BCUT2D eigenvalue weighted by molar-refractivity contribution is 0.0623. The average Bonchev–Trinajstić information content (AvgIpc) is 2.58. The lowest BCUT2D eigenvalue weighted by atomic mass is 9.69. The summed E-state index contributed by atoms with van der Waals surface area (Å²) in [5, 5.41) is 10.1. The van der Waals surface area contributed by atoms with Crippen molar-refractivity contribution in [2.24, 2.45) is 5.92 Å². The van der Waals surface area contributed by atoms with Gasteiger partial charge in [-0.2, -0.15) is 0 Å². The van der Waals surface area contributed by atoms with E-state index in [4.69, 9.17) is 0 Å². The Morgan fingerprint density at radius 2 is 1.88 bits per heavy atom. The van der Waals surface area contributed by atoms with Gasteiger partial charge in [0.1, 0.15) is 0 Å². The van der Waals surface area contributed by atoms with Crippen molar-refractivity contribution in [3.05, 3.63) is 35.9 Å². The Labute approximate surface area is 146 Å². The third-order valence-corrected chi connectivity index (χ3v) is 5.99. The van der Waals surface area contributed by atoms with E-state index in [0.717, 1.165) is 24.8 Å². The van der Waals surface area contributed by atoms with Crippen LogP contribution in [0.15, 0.2) is 30.3 Å². The van der Waals surface area contributed by atoms with Gasteiger partial charge in [-0.1, -0.05) is 51.1 Å². The number of carbonyl (C=O) groups is 1. The van der Waals surface area contributed by atoms with Gasteiger partial charge in [0.2, 0.25) is 0 Å². The summed E-state index contributed by atoms with van der Waals surface area (Å²) in [6.45, 7) is 11.8. The monoisotopic (exact) mass is 331 g/mol. The van der Waals surface area contributed by atoms with Crippen LogP contribution in [0.3, 0.4) is 0 Å². The van der Waals surface area contributed by atoms with E-state index in [1.807, 2.05) is 30.3 Å². The second kappa shape index (κ2) is 7.56. The summed E-state index contributed by atoms with van der Waals surface area (Å²) in [6, 6.07) is 10.1. The molecule has 4 atom stereocenters. The van der Waals surface area contributed by atoms with Crippen LogP contribution in [0, 0.1) is 5.92 Å². The number of amides is 2. The normalized spacial score (nSPS) is 33.0. The number of nitrogens with one attached hydrogen (secondary N) is 3. The van der Waals surface area contributed by atoms with Gasteiger partial charge < -0.3 is 16.0 Å². The number of hydrogen-bond donors (Lipinski definition) is 3. The summed E-state index contributed by atoms with van der Waals surface area (Å²) in [5.74, 6) is 0.379. The smallest absolute Gasteiger partial charge is 0.315 e. The van der Waals surface area contributed by atoms with E-state index >= 15 is 0 Å². The molecule has 4 nitrogen and oxygen atoms in total. The quantitative estimate of drug-likeness (QED) is 0.768. The predicted octanol–water partition coefficient (Wildman–Crippen LogP) is 3.82. The Kier molecular flexibility index (Phi) is 5.92. The molecular formula is C20H33N3O. The summed E-state index contributed by atoms with van der Waals surface area (Å²) in [7, 11) is 0. The van der Waals surface area contributed by atoms with Gasteiger partial charge >= 0.3 is 6.03 Å². The number of hydrogen-bond acceptors (Lipinski definition) is 2. The highest BCUT2D eigenvalue weighted by Crippen LogP contribution is 2.37. The van der Waals surface area contributed by atoms with E-state index in [2.05, 4.69) is 50.6 Å². The molecule has 0 aromatic heterocycles. The zero-order chi connectivity index (χ0) is 17.8. The molecule has 0 spiro atoms. The highest BCUT2D eigenvalue weighted by atomic mass is 16.2. The van der Waals surface area contributed by atoms with Crippen LogP contribution in [0.5, 0.6) is 0 Å². The highest BCUT2D eigenvalue weighted by Gasteiger charge is 2.46. The molecule has 1 aliphatic rings. The maximum atomic E-state index is 12.4. The van der Waals surface area contributed by atoms with E-state index in [1.54, 1.807) is 0 Å². The van der Waals surface area contributed by atoms with E-state index in [1.165, 1.54) is 0 Å². The van der Waals surface area contributed by atoms with Crippen molar-refractivity contribution in [2.45, 2.75) is 77.5 Å². The first-order valence-corrected chi connectivity index (χ1v) is 9.19. The summed E-state index contributed by atoms with van der Waals surface area (Å²) >= 11 is 0. The second-order valence-electron chi connectivity index (χ2n) is 7.72. The molecule has 4 heteroatoms. The molecule has 2 amide bonds. The fraction of sp³-hybridized carbons (Fsp3) is 0.650. The first-order chi connectivity index (χ1) is 11.3. The maximum absolute atomic E-state index is 12.4. The molecule has 1 heterocycles.